The molecule has 3 aromatic rings. The molecule has 3 aliphatic rings. The van der Waals surface area contributed by atoms with Crippen molar-refractivity contribution in [3.8, 4) is 11.5 Å². The van der Waals surface area contributed by atoms with Crippen LogP contribution in [0.15, 0.2) is 35.6 Å². The highest BCUT2D eigenvalue weighted by Gasteiger charge is 2.65. The van der Waals surface area contributed by atoms with Crippen molar-refractivity contribution in [1.82, 2.24) is 9.55 Å². The summed E-state index contributed by atoms with van der Waals surface area (Å²) in [5.74, 6) is -2.43. The van der Waals surface area contributed by atoms with Gasteiger partial charge in [0.15, 0.2) is 23.3 Å². The highest BCUT2D eigenvalue weighted by molar-refractivity contribution is 6.76. The van der Waals surface area contributed by atoms with E-state index < -0.39 is 37.0 Å². The van der Waals surface area contributed by atoms with Gasteiger partial charge in [0.1, 0.15) is 18.1 Å². The summed E-state index contributed by atoms with van der Waals surface area (Å²) in [6.45, 7) is 9.24. The molecule has 7 nitrogen and oxygen atoms in total. The predicted octanol–water partition coefficient (Wildman–Crippen LogP) is 7.39. The van der Waals surface area contributed by atoms with Crippen molar-refractivity contribution in [2.24, 2.45) is 10.4 Å². The van der Waals surface area contributed by atoms with Crippen molar-refractivity contribution in [1.29, 1.82) is 0 Å². The smallest absolute Gasteiger partial charge is 0.398 e. The third-order valence-corrected chi connectivity index (χ3v) is 10.4. The zero-order valence-corrected chi connectivity index (χ0v) is 26.0. The molecule has 0 amide bonds. The van der Waals surface area contributed by atoms with Crippen LogP contribution in [-0.4, -0.2) is 62.7 Å². The van der Waals surface area contributed by atoms with E-state index in [4.69, 9.17) is 18.9 Å². The lowest BCUT2D eigenvalue weighted by Gasteiger charge is -2.30. The number of hydrogen-bond acceptors (Lipinski definition) is 6. The molecule has 2 aliphatic heterocycles. The second-order valence-corrected chi connectivity index (χ2v) is 19.0. The Balaban J connectivity index is 1.28. The summed E-state index contributed by atoms with van der Waals surface area (Å²) in [6, 6.07) is 4.47. The molecule has 2 fully saturated rings. The van der Waals surface area contributed by atoms with Gasteiger partial charge in [-0.05, 0) is 54.6 Å². The molecule has 1 saturated heterocycles. The van der Waals surface area contributed by atoms with Gasteiger partial charge in [-0.25, -0.2) is 13.8 Å². The Hall–Kier alpha value is -3.03. The number of ether oxygens (including phenoxy) is 4. The number of alkyl halides is 3. The average molecular weight is 638 g/mol. The number of nitrogens with zero attached hydrogens (tertiary/aromatic N) is 3. The second-order valence-electron chi connectivity index (χ2n) is 13.4. The Morgan fingerprint density at radius 2 is 1.82 bits per heavy atom. The van der Waals surface area contributed by atoms with Gasteiger partial charge in [-0.15, -0.1) is 0 Å². The number of aliphatic imine (C=N–C) groups is 1. The van der Waals surface area contributed by atoms with Gasteiger partial charge < -0.3 is 23.5 Å². The molecular weight excluding hydrogens is 601 g/mol. The van der Waals surface area contributed by atoms with Gasteiger partial charge >= 0.3 is 6.18 Å². The highest BCUT2D eigenvalue weighted by atomic mass is 28.3. The molecule has 1 saturated carbocycles. The van der Waals surface area contributed by atoms with Gasteiger partial charge in [0.25, 0.3) is 0 Å². The summed E-state index contributed by atoms with van der Waals surface area (Å²) < 4.78 is 98.0. The summed E-state index contributed by atoms with van der Waals surface area (Å²) in [5.41, 5.74) is -1.78. The number of pyridine rings is 1. The molecular formula is C31H36F5N3O4Si. The molecule has 13 heteroatoms. The quantitative estimate of drug-likeness (QED) is 0.132. The average Bonchev–Trinajstić information content (AvgIpc) is 3.52. The van der Waals surface area contributed by atoms with Crippen molar-refractivity contribution in [2.45, 2.75) is 69.7 Å². The Bertz CT molecular complexity index is 1550. The Labute approximate surface area is 253 Å². The topological polar surface area (TPSA) is 67.1 Å². The van der Waals surface area contributed by atoms with Crippen LogP contribution < -0.4 is 4.74 Å². The molecule has 0 bridgehead atoms. The van der Waals surface area contributed by atoms with Crippen molar-refractivity contribution in [3.05, 3.63) is 53.4 Å². The molecule has 1 atom stereocenters. The summed E-state index contributed by atoms with van der Waals surface area (Å²) in [6.07, 6.45) is -1.05. The van der Waals surface area contributed by atoms with Crippen molar-refractivity contribution in [3.63, 3.8) is 0 Å². The second kappa shape index (κ2) is 11.4. The Morgan fingerprint density at radius 3 is 2.41 bits per heavy atom. The van der Waals surface area contributed by atoms with E-state index in [0.29, 0.717) is 44.4 Å². The lowest BCUT2D eigenvalue weighted by atomic mass is 9.88. The van der Waals surface area contributed by atoms with E-state index in [1.54, 1.807) is 0 Å². The van der Waals surface area contributed by atoms with E-state index >= 15 is 8.78 Å². The van der Waals surface area contributed by atoms with Crippen LogP contribution in [0.25, 0.3) is 11.0 Å². The van der Waals surface area contributed by atoms with Crippen LogP contribution in [0.4, 0.5) is 22.0 Å². The van der Waals surface area contributed by atoms with Gasteiger partial charge in [-0.3, -0.25) is 4.99 Å². The highest BCUT2D eigenvalue weighted by Crippen LogP contribution is 2.61. The van der Waals surface area contributed by atoms with Crippen LogP contribution in [0.5, 0.6) is 11.5 Å². The molecule has 2 aromatic heterocycles. The molecule has 6 rings (SSSR count). The summed E-state index contributed by atoms with van der Waals surface area (Å²) >= 11 is 0. The van der Waals surface area contributed by atoms with Crippen LogP contribution in [-0.2, 0) is 32.8 Å². The van der Waals surface area contributed by atoms with Crippen molar-refractivity contribution >= 4 is 25.0 Å². The minimum absolute atomic E-state index is 0.0110. The molecule has 4 heterocycles. The van der Waals surface area contributed by atoms with Crippen LogP contribution >= 0.6 is 0 Å². The minimum atomic E-state index is -4.52. The normalized spacial score (nSPS) is 21.5. The largest absolute Gasteiger partial charge is 0.480 e. The molecule has 238 valence electrons. The Kier molecular flexibility index (Phi) is 8.02. The van der Waals surface area contributed by atoms with Crippen LogP contribution in [0.1, 0.15) is 30.4 Å². The van der Waals surface area contributed by atoms with Gasteiger partial charge in [0.05, 0.1) is 30.6 Å². The van der Waals surface area contributed by atoms with Gasteiger partial charge in [-0.1, -0.05) is 19.6 Å². The van der Waals surface area contributed by atoms with Gasteiger partial charge in [0, 0.05) is 45.5 Å². The number of fused-ring (bicyclic) bond motifs is 1. The first-order valence-corrected chi connectivity index (χ1v) is 18.5. The predicted molar refractivity (Wildman–Crippen MR) is 157 cm³/mol. The number of rotatable bonds is 10. The number of aromatic nitrogens is 2. The maximum absolute atomic E-state index is 15.4. The SMILES string of the molecule is C[Si](C)(C)CCOCn1cc(C2(C(F)(F)F)CC2)c2c(Oc3c(F)cc(CC4=NCC5(CCOC5)CO4)cc3F)ccnc21. The fraction of sp³-hybridized carbons (Fsp3) is 0.548. The fourth-order valence-corrected chi connectivity index (χ4v) is 6.54. The fourth-order valence-electron chi connectivity index (χ4n) is 5.78. The summed E-state index contributed by atoms with van der Waals surface area (Å²) in [7, 11) is -1.38. The number of benzene rings is 1. The molecule has 1 aromatic carbocycles. The molecule has 1 aliphatic carbocycles. The molecule has 44 heavy (non-hydrogen) atoms. The third kappa shape index (κ3) is 6.10. The lowest BCUT2D eigenvalue weighted by molar-refractivity contribution is -0.160. The first-order chi connectivity index (χ1) is 20.8. The van der Waals surface area contributed by atoms with Gasteiger partial charge in [-0.2, -0.15) is 13.2 Å². The monoisotopic (exact) mass is 637 g/mol. The van der Waals surface area contributed by atoms with E-state index in [2.05, 4.69) is 29.6 Å². The van der Waals surface area contributed by atoms with E-state index in [9.17, 15) is 13.2 Å². The molecule has 0 N–H and O–H groups in total. The third-order valence-electron chi connectivity index (χ3n) is 8.70. The summed E-state index contributed by atoms with van der Waals surface area (Å²) in [5, 5.41) is 0.0637. The lowest BCUT2D eigenvalue weighted by Crippen LogP contribution is -2.36. The van der Waals surface area contributed by atoms with E-state index in [-0.39, 0.29) is 53.8 Å². The molecule has 0 radical (unpaired) electrons. The maximum Gasteiger partial charge on any atom is 0.398 e. The standard InChI is InChI=1S/C31H36F5N3O4Si/c1-44(2,3)11-10-41-19-39-15-21(30(5-6-30)31(34,35)36)26-24(4-8-37-28(26)39)43-27-22(32)12-20(13-23(27)33)14-25-38-16-29(18-42-25)7-9-40-17-29/h4,8,12-13,15H,5-7,9-11,14,16-19H2,1-3H3. The van der Waals surface area contributed by atoms with Crippen LogP contribution in [0.3, 0.4) is 0 Å². The first kappa shape index (κ1) is 31.0. The van der Waals surface area contributed by atoms with Crippen molar-refractivity contribution < 1.29 is 40.9 Å². The van der Waals surface area contributed by atoms with Gasteiger partial charge in [0.2, 0.25) is 0 Å². The van der Waals surface area contributed by atoms with E-state index in [1.165, 1.54) is 23.0 Å². The number of halogens is 5. The molecule has 1 unspecified atom stereocenters. The Morgan fingerprint density at radius 1 is 1.07 bits per heavy atom. The van der Waals surface area contributed by atoms with Crippen molar-refractivity contribution in [2.75, 3.05) is 33.0 Å². The van der Waals surface area contributed by atoms with Crippen LogP contribution in [0.2, 0.25) is 25.7 Å². The number of hydrogen-bond donors (Lipinski definition) is 0. The molecule has 1 spiro atoms. The van der Waals surface area contributed by atoms with E-state index in [1.807, 2.05) is 0 Å². The zero-order valence-electron chi connectivity index (χ0n) is 25.0. The maximum atomic E-state index is 15.4. The minimum Gasteiger partial charge on any atom is -0.480 e. The van der Waals surface area contributed by atoms with Crippen LogP contribution in [0, 0.1) is 17.0 Å². The van der Waals surface area contributed by atoms with E-state index in [0.717, 1.165) is 24.6 Å². The zero-order chi connectivity index (χ0) is 31.3. The first-order valence-electron chi connectivity index (χ1n) is 14.8. The summed E-state index contributed by atoms with van der Waals surface area (Å²) in [4.78, 5) is 8.80.